The number of likely N-dealkylation sites (tertiary alicyclic amines) is 1. The molecule has 180 valence electrons. The first kappa shape index (κ1) is 24.5. The Bertz CT molecular complexity index is 924. The maximum absolute atomic E-state index is 13.2. The van der Waals surface area contributed by atoms with Crippen molar-refractivity contribution in [3.63, 3.8) is 0 Å². The fourth-order valence-electron chi connectivity index (χ4n) is 4.21. The Morgan fingerprint density at radius 2 is 1.85 bits per heavy atom. The molecule has 9 heteroatoms. The largest absolute Gasteiger partial charge is 0.444 e. The Kier molecular flexibility index (Phi) is 7.00. The van der Waals surface area contributed by atoms with Crippen LogP contribution in [0, 0.1) is 6.92 Å². The highest BCUT2D eigenvalue weighted by molar-refractivity contribution is 6.09. The SMILES string of the molecule is Cc1ccc(C2(C)NC(=O)N(CC(=O)N3CCCCC3CNC(=O)OC(C)(C)C)C2=O)cc1. The van der Waals surface area contributed by atoms with Crippen LogP contribution >= 0.6 is 0 Å². The van der Waals surface area contributed by atoms with Gasteiger partial charge in [0.05, 0.1) is 0 Å². The monoisotopic (exact) mass is 458 g/mol. The molecule has 3 rings (SSSR count). The number of carbonyl (C=O) groups is 4. The minimum absolute atomic E-state index is 0.219. The number of imide groups is 1. The van der Waals surface area contributed by atoms with Gasteiger partial charge in [-0.05, 0) is 59.4 Å². The standard InChI is InChI=1S/C24H34N4O5/c1-16-9-11-17(12-10-16)24(5)20(30)28(21(31)26-24)15-19(29)27-13-7-6-8-18(27)14-25-22(32)33-23(2,3)4/h9-12,18H,6-8,13-15H2,1-5H3,(H,25,32)(H,26,31). The van der Waals surface area contributed by atoms with Gasteiger partial charge >= 0.3 is 12.1 Å². The van der Waals surface area contributed by atoms with E-state index in [0.717, 1.165) is 29.7 Å². The molecule has 33 heavy (non-hydrogen) atoms. The summed E-state index contributed by atoms with van der Waals surface area (Å²) in [5, 5.41) is 5.47. The highest BCUT2D eigenvalue weighted by atomic mass is 16.6. The van der Waals surface area contributed by atoms with Crippen LogP contribution < -0.4 is 10.6 Å². The highest BCUT2D eigenvalue weighted by Crippen LogP contribution is 2.29. The van der Waals surface area contributed by atoms with Gasteiger partial charge in [0, 0.05) is 19.1 Å². The van der Waals surface area contributed by atoms with Crippen molar-refractivity contribution in [3.05, 3.63) is 35.4 Å². The van der Waals surface area contributed by atoms with E-state index in [-0.39, 0.29) is 25.0 Å². The molecule has 0 bridgehead atoms. The summed E-state index contributed by atoms with van der Waals surface area (Å²) in [4.78, 5) is 53.6. The fraction of sp³-hybridized carbons (Fsp3) is 0.583. The van der Waals surface area contributed by atoms with E-state index in [1.165, 1.54) is 0 Å². The number of nitrogens with zero attached hydrogens (tertiary/aromatic N) is 2. The van der Waals surface area contributed by atoms with Gasteiger partial charge in [-0.1, -0.05) is 29.8 Å². The van der Waals surface area contributed by atoms with E-state index in [1.54, 1.807) is 32.6 Å². The van der Waals surface area contributed by atoms with Crippen LogP contribution in [-0.2, 0) is 19.9 Å². The molecule has 2 saturated heterocycles. The van der Waals surface area contributed by atoms with Gasteiger partial charge in [-0.3, -0.25) is 14.5 Å². The second-order valence-corrected chi connectivity index (χ2v) is 9.93. The number of aryl methyl sites for hydroxylation is 1. The zero-order valence-corrected chi connectivity index (χ0v) is 20.1. The Hall–Kier alpha value is -3.10. The van der Waals surface area contributed by atoms with Crippen LogP contribution in [0.1, 0.15) is 58.1 Å². The van der Waals surface area contributed by atoms with Gasteiger partial charge in [-0.25, -0.2) is 9.59 Å². The number of benzene rings is 1. The maximum Gasteiger partial charge on any atom is 0.407 e. The fourth-order valence-corrected chi connectivity index (χ4v) is 4.21. The average Bonchev–Trinajstić information content (AvgIpc) is 2.95. The molecule has 9 nitrogen and oxygen atoms in total. The molecule has 0 spiro atoms. The lowest BCUT2D eigenvalue weighted by atomic mass is 9.91. The van der Waals surface area contributed by atoms with Gasteiger partial charge in [0.25, 0.3) is 5.91 Å². The van der Waals surface area contributed by atoms with Crippen LogP contribution in [0.25, 0.3) is 0 Å². The number of hydrogen-bond donors (Lipinski definition) is 2. The van der Waals surface area contributed by atoms with Crippen LogP contribution in [-0.4, -0.2) is 65.0 Å². The van der Waals surface area contributed by atoms with Crippen LogP contribution in [0.2, 0.25) is 0 Å². The van der Waals surface area contributed by atoms with Crippen LogP contribution in [0.15, 0.2) is 24.3 Å². The second kappa shape index (κ2) is 9.41. The first-order valence-electron chi connectivity index (χ1n) is 11.4. The minimum Gasteiger partial charge on any atom is -0.444 e. The zero-order chi connectivity index (χ0) is 24.4. The van der Waals surface area contributed by atoms with Gasteiger partial charge in [0.2, 0.25) is 5.91 Å². The predicted molar refractivity (Wildman–Crippen MR) is 122 cm³/mol. The molecular weight excluding hydrogens is 424 g/mol. The molecule has 2 atom stereocenters. The van der Waals surface area contributed by atoms with E-state index in [9.17, 15) is 19.2 Å². The lowest BCUT2D eigenvalue weighted by Gasteiger charge is -2.36. The van der Waals surface area contributed by atoms with E-state index in [0.29, 0.717) is 12.1 Å². The molecule has 0 saturated carbocycles. The van der Waals surface area contributed by atoms with E-state index in [2.05, 4.69) is 10.6 Å². The van der Waals surface area contributed by atoms with E-state index < -0.39 is 29.2 Å². The van der Waals surface area contributed by atoms with Crippen LogP contribution in [0.3, 0.4) is 0 Å². The summed E-state index contributed by atoms with van der Waals surface area (Å²) in [5.41, 5.74) is -0.120. The number of nitrogens with one attached hydrogen (secondary N) is 2. The number of rotatable bonds is 5. The molecule has 2 aliphatic heterocycles. The van der Waals surface area contributed by atoms with Gasteiger partial charge < -0.3 is 20.3 Å². The molecule has 0 radical (unpaired) electrons. The predicted octanol–water partition coefficient (Wildman–Crippen LogP) is 2.67. The summed E-state index contributed by atoms with van der Waals surface area (Å²) in [6, 6.07) is 6.57. The minimum atomic E-state index is -1.22. The molecule has 2 aliphatic rings. The van der Waals surface area contributed by atoms with Gasteiger partial charge in [0.1, 0.15) is 17.7 Å². The third-order valence-corrected chi connectivity index (χ3v) is 6.03. The third-order valence-electron chi connectivity index (χ3n) is 6.03. The summed E-state index contributed by atoms with van der Waals surface area (Å²) < 4.78 is 5.27. The normalized spacial score (nSPS) is 23.4. The number of ether oxygens (including phenoxy) is 1. The molecule has 1 aromatic rings. The average molecular weight is 459 g/mol. The van der Waals surface area contributed by atoms with Crippen molar-refractivity contribution in [3.8, 4) is 0 Å². The van der Waals surface area contributed by atoms with E-state index in [1.807, 2.05) is 31.2 Å². The Morgan fingerprint density at radius 1 is 1.18 bits per heavy atom. The van der Waals surface area contributed by atoms with E-state index >= 15 is 0 Å². The second-order valence-electron chi connectivity index (χ2n) is 9.93. The molecule has 5 amide bonds. The maximum atomic E-state index is 13.2. The van der Waals surface area contributed by atoms with Crippen molar-refractivity contribution in [1.29, 1.82) is 0 Å². The molecule has 1 aromatic carbocycles. The summed E-state index contributed by atoms with van der Waals surface area (Å²) >= 11 is 0. The van der Waals surface area contributed by atoms with Crippen molar-refractivity contribution in [2.75, 3.05) is 19.6 Å². The number of urea groups is 1. The van der Waals surface area contributed by atoms with Crippen LogP contribution in [0.5, 0.6) is 0 Å². The molecular formula is C24H34N4O5. The quantitative estimate of drug-likeness (QED) is 0.660. The lowest BCUT2D eigenvalue weighted by Crippen LogP contribution is -2.53. The molecule has 2 unspecified atom stereocenters. The number of hydrogen-bond acceptors (Lipinski definition) is 5. The molecule has 2 fully saturated rings. The Balaban J connectivity index is 1.66. The summed E-state index contributed by atoms with van der Waals surface area (Å²) in [5.74, 6) is -0.771. The van der Waals surface area contributed by atoms with Crippen molar-refractivity contribution < 1.29 is 23.9 Å². The van der Waals surface area contributed by atoms with Gasteiger partial charge in [-0.2, -0.15) is 0 Å². The lowest BCUT2D eigenvalue weighted by molar-refractivity contribution is -0.141. The van der Waals surface area contributed by atoms with Crippen molar-refractivity contribution in [2.45, 2.75) is 71.1 Å². The first-order valence-corrected chi connectivity index (χ1v) is 11.4. The van der Waals surface area contributed by atoms with Crippen molar-refractivity contribution in [1.82, 2.24) is 20.4 Å². The number of piperidine rings is 1. The number of carbonyl (C=O) groups excluding carboxylic acids is 4. The Labute approximate surface area is 194 Å². The number of alkyl carbamates (subject to hydrolysis) is 1. The molecule has 2 N–H and O–H groups in total. The smallest absolute Gasteiger partial charge is 0.407 e. The van der Waals surface area contributed by atoms with Crippen LogP contribution in [0.4, 0.5) is 9.59 Å². The van der Waals surface area contributed by atoms with Crippen molar-refractivity contribution >= 4 is 23.9 Å². The van der Waals surface area contributed by atoms with E-state index in [4.69, 9.17) is 4.74 Å². The summed E-state index contributed by atoms with van der Waals surface area (Å²) in [7, 11) is 0. The van der Waals surface area contributed by atoms with Gasteiger partial charge in [0.15, 0.2) is 0 Å². The zero-order valence-electron chi connectivity index (χ0n) is 20.1. The molecule has 2 heterocycles. The first-order chi connectivity index (χ1) is 15.4. The highest BCUT2D eigenvalue weighted by Gasteiger charge is 2.50. The summed E-state index contributed by atoms with van der Waals surface area (Å²) in [6.45, 7) is 9.37. The topological polar surface area (TPSA) is 108 Å². The van der Waals surface area contributed by atoms with Crippen molar-refractivity contribution in [2.24, 2.45) is 0 Å². The third kappa shape index (κ3) is 5.64. The Morgan fingerprint density at radius 3 is 2.48 bits per heavy atom. The summed E-state index contributed by atoms with van der Waals surface area (Å²) in [6.07, 6.45) is 1.95. The molecule has 0 aromatic heterocycles. The number of amides is 5. The molecule has 0 aliphatic carbocycles. The van der Waals surface area contributed by atoms with Gasteiger partial charge in [-0.15, -0.1) is 0 Å².